The van der Waals surface area contributed by atoms with Gasteiger partial charge in [0.05, 0.1) is 12.5 Å². The summed E-state index contributed by atoms with van der Waals surface area (Å²) in [5.41, 5.74) is 3.51. The van der Waals surface area contributed by atoms with Crippen molar-refractivity contribution in [3.8, 4) is 5.88 Å². The van der Waals surface area contributed by atoms with E-state index < -0.39 is 12.0 Å². The number of aryl methyl sites for hydroxylation is 3. The lowest BCUT2D eigenvalue weighted by molar-refractivity contribution is -0.142. The molecule has 8 nitrogen and oxygen atoms in total. The normalized spacial score (nSPS) is 12.2. The zero-order valence-electron chi connectivity index (χ0n) is 15.9. The van der Waals surface area contributed by atoms with Crippen molar-refractivity contribution in [1.82, 2.24) is 20.1 Å². The van der Waals surface area contributed by atoms with Crippen LogP contribution in [0.1, 0.15) is 43.0 Å². The molecule has 8 heteroatoms. The lowest BCUT2D eigenvalue weighted by atomic mass is 10.00. The van der Waals surface area contributed by atoms with Crippen LogP contribution in [0, 0.1) is 13.8 Å². The Labute approximate surface area is 152 Å². The van der Waals surface area contributed by atoms with Crippen LogP contribution in [0.25, 0.3) is 11.0 Å². The largest absolute Gasteiger partial charge is 0.480 e. The topological polar surface area (TPSA) is 106 Å². The highest BCUT2D eigenvalue weighted by Crippen LogP contribution is 2.30. The van der Waals surface area contributed by atoms with E-state index >= 15 is 0 Å². The van der Waals surface area contributed by atoms with Crippen LogP contribution in [-0.2, 0) is 23.1 Å². The molecular weight excluding hydrogens is 336 g/mol. The molecule has 142 valence electrons. The lowest BCUT2D eigenvalue weighted by Gasteiger charge is -2.15. The van der Waals surface area contributed by atoms with E-state index in [0.29, 0.717) is 25.1 Å². The van der Waals surface area contributed by atoms with Gasteiger partial charge in [0.1, 0.15) is 6.04 Å². The van der Waals surface area contributed by atoms with E-state index in [1.165, 1.54) is 0 Å². The molecule has 0 saturated carbocycles. The summed E-state index contributed by atoms with van der Waals surface area (Å²) in [4.78, 5) is 28.0. The first-order valence-corrected chi connectivity index (χ1v) is 8.69. The number of aromatic nitrogens is 3. The van der Waals surface area contributed by atoms with Crippen LogP contribution in [0.3, 0.4) is 0 Å². The molecule has 2 rings (SSSR count). The van der Waals surface area contributed by atoms with Gasteiger partial charge in [0.25, 0.3) is 0 Å². The minimum absolute atomic E-state index is 0.199. The molecule has 2 N–H and O–H groups in total. The number of carboxylic acid groups (broad SMARTS) is 1. The number of aliphatic carboxylic acids is 1. The van der Waals surface area contributed by atoms with Gasteiger partial charge in [0, 0.05) is 19.2 Å². The number of nitrogens with one attached hydrogen (secondary N) is 1. The third-order valence-corrected chi connectivity index (χ3v) is 4.53. The first-order valence-electron chi connectivity index (χ1n) is 8.69. The van der Waals surface area contributed by atoms with Crippen molar-refractivity contribution in [3.05, 3.63) is 16.8 Å². The zero-order valence-corrected chi connectivity index (χ0v) is 15.9. The highest BCUT2D eigenvalue weighted by molar-refractivity contribution is 5.87. The van der Waals surface area contributed by atoms with Crippen LogP contribution in [0.2, 0.25) is 0 Å². The maximum Gasteiger partial charge on any atom is 0.326 e. The lowest BCUT2D eigenvalue weighted by Crippen LogP contribution is -2.40. The van der Waals surface area contributed by atoms with E-state index in [-0.39, 0.29) is 12.3 Å². The highest BCUT2D eigenvalue weighted by Gasteiger charge is 2.21. The van der Waals surface area contributed by atoms with E-state index in [1.54, 1.807) is 11.8 Å². The Morgan fingerprint density at radius 3 is 2.62 bits per heavy atom. The molecule has 2 aromatic heterocycles. The molecule has 0 aromatic carbocycles. The molecule has 1 unspecified atom stereocenters. The van der Waals surface area contributed by atoms with Crippen LogP contribution in [0.4, 0.5) is 0 Å². The molecule has 0 spiro atoms. The molecule has 0 aliphatic rings. The number of pyridine rings is 1. The van der Waals surface area contributed by atoms with Gasteiger partial charge in [-0.15, -0.1) is 5.10 Å². The molecule has 2 heterocycles. The first kappa shape index (κ1) is 19.7. The Kier molecular flexibility index (Phi) is 6.18. The number of ether oxygens (including phenoxy) is 1. The van der Waals surface area contributed by atoms with Gasteiger partial charge in [0.2, 0.25) is 11.8 Å². The number of carbonyl (C=O) groups is 2. The summed E-state index contributed by atoms with van der Waals surface area (Å²) in [6, 6.07) is -0.839. The van der Waals surface area contributed by atoms with Crippen molar-refractivity contribution in [3.63, 3.8) is 0 Å². The maximum atomic E-state index is 12.2. The predicted octanol–water partition coefficient (Wildman–Crippen LogP) is 1.90. The molecule has 0 aliphatic heterocycles. The molecule has 0 bridgehead atoms. The van der Waals surface area contributed by atoms with Crippen molar-refractivity contribution in [1.29, 1.82) is 0 Å². The van der Waals surface area contributed by atoms with E-state index in [4.69, 9.17) is 9.84 Å². The van der Waals surface area contributed by atoms with Gasteiger partial charge >= 0.3 is 5.97 Å². The van der Waals surface area contributed by atoms with Crippen LogP contribution < -0.4 is 10.1 Å². The Hall–Kier alpha value is -2.64. The summed E-state index contributed by atoms with van der Waals surface area (Å²) >= 11 is 0. The summed E-state index contributed by atoms with van der Waals surface area (Å²) in [7, 11) is 3.37. The van der Waals surface area contributed by atoms with E-state index in [1.807, 2.05) is 27.8 Å². The van der Waals surface area contributed by atoms with Gasteiger partial charge in [0.15, 0.2) is 5.65 Å². The number of rotatable bonds is 8. The van der Waals surface area contributed by atoms with E-state index in [0.717, 1.165) is 27.9 Å². The van der Waals surface area contributed by atoms with Crippen molar-refractivity contribution in [2.75, 3.05) is 7.11 Å². The Balaban J connectivity index is 2.20. The summed E-state index contributed by atoms with van der Waals surface area (Å²) in [6.45, 7) is 5.75. The smallest absolute Gasteiger partial charge is 0.326 e. The molecular formula is C18H26N4O4. The quantitative estimate of drug-likeness (QED) is 0.743. The average molecular weight is 362 g/mol. The van der Waals surface area contributed by atoms with Crippen molar-refractivity contribution < 1.29 is 19.4 Å². The average Bonchev–Trinajstić information content (AvgIpc) is 2.90. The summed E-state index contributed by atoms with van der Waals surface area (Å²) in [5.74, 6) is -0.772. The fourth-order valence-electron chi connectivity index (χ4n) is 3.16. The minimum atomic E-state index is -1.00. The van der Waals surface area contributed by atoms with Crippen LogP contribution in [0.5, 0.6) is 5.88 Å². The number of methoxy groups -OCH3 is 1. The molecule has 1 atom stereocenters. The van der Waals surface area contributed by atoms with E-state index in [2.05, 4.69) is 15.4 Å². The molecule has 0 saturated heterocycles. The maximum absolute atomic E-state index is 12.2. The van der Waals surface area contributed by atoms with Gasteiger partial charge < -0.3 is 15.2 Å². The van der Waals surface area contributed by atoms with E-state index in [9.17, 15) is 9.59 Å². The summed E-state index contributed by atoms with van der Waals surface area (Å²) in [5, 5.41) is 16.9. The second kappa shape index (κ2) is 8.16. The third-order valence-electron chi connectivity index (χ3n) is 4.53. The van der Waals surface area contributed by atoms with Gasteiger partial charge in [-0.3, -0.25) is 4.79 Å². The number of amides is 1. The van der Waals surface area contributed by atoms with Gasteiger partial charge in [-0.05, 0) is 37.8 Å². The second-order valence-corrected chi connectivity index (χ2v) is 6.38. The van der Waals surface area contributed by atoms with Crippen molar-refractivity contribution in [2.45, 2.75) is 52.5 Å². The summed E-state index contributed by atoms with van der Waals surface area (Å²) < 4.78 is 7.01. The Morgan fingerprint density at radius 1 is 1.35 bits per heavy atom. The standard InChI is InChI=1S/C18H26N4O4/c1-6-7-13(18(24)25)20-14(23)9-8-12-10(2)15-16(19-11(12)3)22(4)21-17(15)26-5/h13H,6-9H2,1-5H3,(H,20,23)(H,24,25). The SMILES string of the molecule is CCCC(NC(=O)CCc1c(C)nc2c(c(OC)nn2C)c1C)C(=O)O. The number of hydrogen-bond acceptors (Lipinski definition) is 5. The zero-order chi connectivity index (χ0) is 19.4. The number of carboxylic acids is 1. The summed E-state index contributed by atoms with van der Waals surface area (Å²) in [6.07, 6.45) is 1.78. The Bertz CT molecular complexity index is 828. The minimum Gasteiger partial charge on any atom is -0.480 e. The van der Waals surface area contributed by atoms with Gasteiger partial charge in [-0.1, -0.05) is 13.3 Å². The second-order valence-electron chi connectivity index (χ2n) is 6.38. The van der Waals surface area contributed by atoms with Crippen LogP contribution >= 0.6 is 0 Å². The number of fused-ring (bicyclic) bond motifs is 1. The molecule has 0 aliphatic carbocycles. The van der Waals surface area contributed by atoms with Gasteiger partial charge in [-0.2, -0.15) is 0 Å². The first-order chi connectivity index (χ1) is 12.3. The molecule has 0 radical (unpaired) electrons. The fourth-order valence-corrected chi connectivity index (χ4v) is 3.16. The number of carbonyl (C=O) groups excluding carboxylic acids is 1. The predicted molar refractivity (Wildman–Crippen MR) is 97.3 cm³/mol. The number of nitrogens with zero attached hydrogens (tertiary/aromatic N) is 3. The van der Waals surface area contributed by atoms with Crippen LogP contribution in [0.15, 0.2) is 0 Å². The van der Waals surface area contributed by atoms with Crippen molar-refractivity contribution >= 4 is 22.9 Å². The monoisotopic (exact) mass is 362 g/mol. The van der Waals surface area contributed by atoms with Crippen LogP contribution in [-0.4, -0.2) is 44.9 Å². The molecule has 26 heavy (non-hydrogen) atoms. The molecule has 2 aromatic rings. The fraction of sp³-hybridized carbons (Fsp3) is 0.556. The van der Waals surface area contributed by atoms with Gasteiger partial charge in [-0.25, -0.2) is 14.5 Å². The number of hydrogen-bond donors (Lipinski definition) is 2. The molecule has 0 fully saturated rings. The third kappa shape index (κ3) is 3.95. The Morgan fingerprint density at radius 2 is 2.04 bits per heavy atom. The van der Waals surface area contributed by atoms with Crippen molar-refractivity contribution in [2.24, 2.45) is 7.05 Å². The highest BCUT2D eigenvalue weighted by atomic mass is 16.5. The molecule has 1 amide bonds.